The second-order valence-electron chi connectivity index (χ2n) is 3.64. The van der Waals surface area contributed by atoms with Crippen LogP contribution >= 0.6 is 0 Å². The predicted molar refractivity (Wildman–Crippen MR) is 44.6 cm³/mol. The Bertz CT molecular complexity index is 311. The van der Waals surface area contributed by atoms with Crippen molar-refractivity contribution in [3.05, 3.63) is 12.0 Å². The highest BCUT2D eigenvalue weighted by molar-refractivity contribution is 5.76. The number of allylic oxidation sites excluding steroid dienone is 1. The normalized spacial score (nSPS) is 25.1. The van der Waals surface area contributed by atoms with Gasteiger partial charge in [0.1, 0.15) is 0 Å². The van der Waals surface area contributed by atoms with Crippen molar-refractivity contribution >= 4 is 5.97 Å². The minimum absolute atomic E-state index is 0.0693. The molecule has 1 unspecified atom stereocenters. The maximum absolute atomic E-state index is 11.9. The fourth-order valence-corrected chi connectivity index (χ4v) is 1.80. The Morgan fingerprint density at radius 1 is 1.47 bits per heavy atom. The summed E-state index contributed by atoms with van der Waals surface area (Å²) in [5, 5.41) is 0. The van der Waals surface area contributed by atoms with E-state index in [-0.39, 0.29) is 11.9 Å². The molecular weight excluding hydrogens is 211 g/mol. The Labute approximate surface area is 84.5 Å². The third-order valence-electron chi connectivity index (χ3n) is 2.67. The van der Waals surface area contributed by atoms with Crippen LogP contribution < -0.4 is 0 Å². The molecule has 1 saturated heterocycles. The molecule has 0 aromatic carbocycles. The molecule has 0 bridgehead atoms. The first kappa shape index (κ1) is 10.3. The molecule has 0 spiro atoms. The molecule has 1 atom stereocenters. The topological polar surface area (TPSA) is 29.5 Å². The van der Waals surface area contributed by atoms with Crippen LogP contribution in [0.25, 0.3) is 0 Å². The van der Waals surface area contributed by atoms with Gasteiger partial charge in [-0.2, -0.15) is 13.2 Å². The van der Waals surface area contributed by atoms with E-state index < -0.39 is 12.1 Å². The van der Waals surface area contributed by atoms with E-state index in [0.29, 0.717) is 13.0 Å². The van der Waals surface area contributed by atoms with Crippen molar-refractivity contribution < 1.29 is 22.7 Å². The van der Waals surface area contributed by atoms with E-state index in [1.54, 1.807) is 11.0 Å². The van der Waals surface area contributed by atoms with Crippen LogP contribution in [0.3, 0.4) is 0 Å². The summed E-state index contributed by atoms with van der Waals surface area (Å²) in [4.78, 5) is 12.3. The molecule has 0 aromatic heterocycles. The van der Waals surface area contributed by atoms with Crippen LogP contribution in [0.2, 0.25) is 0 Å². The number of nitrogens with zero attached hydrogens (tertiary/aromatic N) is 1. The summed E-state index contributed by atoms with van der Waals surface area (Å²) in [5.41, 5.74) is 0. The fraction of sp³-hybridized carbons (Fsp3) is 0.667. The number of ether oxygens (including phenoxy) is 1. The van der Waals surface area contributed by atoms with Gasteiger partial charge in [-0.3, -0.25) is 0 Å². The quantitative estimate of drug-likeness (QED) is 0.632. The molecule has 0 N–H and O–H groups in total. The number of hydrogen-bond donors (Lipinski definition) is 0. The maximum atomic E-state index is 11.9. The lowest BCUT2D eigenvalue weighted by Gasteiger charge is -2.45. The molecule has 6 heteroatoms. The van der Waals surface area contributed by atoms with E-state index in [4.69, 9.17) is 0 Å². The summed E-state index contributed by atoms with van der Waals surface area (Å²) in [5.74, 6) is -2.07. The van der Waals surface area contributed by atoms with E-state index in [0.717, 1.165) is 12.8 Å². The summed E-state index contributed by atoms with van der Waals surface area (Å²) >= 11 is 0. The molecule has 2 aliphatic heterocycles. The number of fused-ring (bicyclic) bond motifs is 1. The van der Waals surface area contributed by atoms with Gasteiger partial charge in [0.2, 0.25) is 0 Å². The monoisotopic (exact) mass is 221 g/mol. The Morgan fingerprint density at radius 2 is 2.20 bits per heavy atom. The van der Waals surface area contributed by atoms with Gasteiger partial charge in [-0.1, -0.05) is 0 Å². The zero-order chi connectivity index (χ0) is 11.1. The fourth-order valence-electron chi connectivity index (χ4n) is 1.80. The maximum Gasteiger partial charge on any atom is 0.491 e. The van der Waals surface area contributed by atoms with E-state index in [1.807, 2.05) is 0 Å². The molecule has 3 nitrogen and oxygen atoms in total. The van der Waals surface area contributed by atoms with Gasteiger partial charge in [-0.25, -0.2) is 4.79 Å². The lowest BCUT2D eigenvalue weighted by molar-refractivity contribution is -0.199. The van der Waals surface area contributed by atoms with Crippen LogP contribution in [0.5, 0.6) is 0 Å². The molecule has 0 amide bonds. The average molecular weight is 221 g/mol. The van der Waals surface area contributed by atoms with Crippen LogP contribution in [0.15, 0.2) is 12.0 Å². The SMILES string of the molecule is O=C(OC1=CCCC2CCN12)C(F)(F)F. The summed E-state index contributed by atoms with van der Waals surface area (Å²) in [6.45, 7) is 0.668. The number of hydrogen-bond acceptors (Lipinski definition) is 3. The van der Waals surface area contributed by atoms with Crippen molar-refractivity contribution in [3.8, 4) is 0 Å². The highest BCUT2D eigenvalue weighted by Crippen LogP contribution is 2.32. The Kier molecular flexibility index (Phi) is 2.36. The summed E-state index contributed by atoms with van der Waals surface area (Å²) in [6, 6.07) is 0.256. The van der Waals surface area contributed by atoms with Gasteiger partial charge >= 0.3 is 12.1 Å². The first-order chi connectivity index (χ1) is 6.98. The molecule has 2 rings (SSSR count). The zero-order valence-electron chi connectivity index (χ0n) is 7.88. The minimum Gasteiger partial charge on any atom is -0.403 e. The van der Waals surface area contributed by atoms with Crippen molar-refractivity contribution in [2.24, 2.45) is 0 Å². The lowest BCUT2D eigenvalue weighted by atomic mass is 9.95. The van der Waals surface area contributed by atoms with Crippen LogP contribution in [0.1, 0.15) is 19.3 Å². The Morgan fingerprint density at radius 3 is 2.73 bits per heavy atom. The summed E-state index contributed by atoms with van der Waals surface area (Å²) < 4.78 is 40.1. The van der Waals surface area contributed by atoms with Gasteiger partial charge in [0.05, 0.1) is 0 Å². The Hall–Kier alpha value is -1.20. The van der Waals surface area contributed by atoms with Gasteiger partial charge in [0.15, 0.2) is 5.88 Å². The molecule has 2 aliphatic rings. The molecular formula is C9H10F3NO2. The largest absolute Gasteiger partial charge is 0.491 e. The van der Waals surface area contributed by atoms with Gasteiger partial charge in [0.25, 0.3) is 0 Å². The number of carbonyl (C=O) groups excluding carboxylic acids is 1. The van der Waals surface area contributed by atoms with E-state index in [9.17, 15) is 18.0 Å². The van der Waals surface area contributed by atoms with Gasteiger partial charge in [-0.15, -0.1) is 0 Å². The van der Waals surface area contributed by atoms with Crippen molar-refractivity contribution in [3.63, 3.8) is 0 Å². The molecule has 84 valence electrons. The second kappa shape index (κ2) is 3.43. The number of esters is 1. The van der Waals surface area contributed by atoms with Crippen molar-refractivity contribution in [1.29, 1.82) is 0 Å². The van der Waals surface area contributed by atoms with Crippen LogP contribution in [0.4, 0.5) is 13.2 Å². The van der Waals surface area contributed by atoms with Crippen LogP contribution in [-0.2, 0) is 9.53 Å². The molecule has 15 heavy (non-hydrogen) atoms. The molecule has 2 heterocycles. The predicted octanol–water partition coefficient (Wildman–Crippen LogP) is 1.80. The highest BCUT2D eigenvalue weighted by Gasteiger charge is 2.43. The van der Waals surface area contributed by atoms with Crippen molar-refractivity contribution in [1.82, 2.24) is 4.90 Å². The second-order valence-corrected chi connectivity index (χ2v) is 3.64. The summed E-state index contributed by atoms with van der Waals surface area (Å²) in [7, 11) is 0. The zero-order valence-corrected chi connectivity index (χ0v) is 7.88. The Balaban J connectivity index is 2.00. The van der Waals surface area contributed by atoms with Gasteiger partial charge in [0, 0.05) is 12.6 Å². The number of halogens is 3. The number of alkyl halides is 3. The minimum atomic E-state index is -4.92. The number of rotatable bonds is 1. The van der Waals surface area contributed by atoms with E-state index in [1.165, 1.54) is 0 Å². The van der Waals surface area contributed by atoms with E-state index >= 15 is 0 Å². The van der Waals surface area contributed by atoms with Crippen LogP contribution in [-0.4, -0.2) is 29.6 Å². The van der Waals surface area contributed by atoms with E-state index in [2.05, 4.69) is 4.74 Å². The lowest BCUT2D eigenvalue weighted by Crippen LogP contribution is -2.49. The third kappa shape index (κ3) is 1.93. The molecule has 0 aromatic rings. The molecule has 1 fully saturated rings. The van der Waals surface area contributed by atoms with Gasteiger partial charge in [-0.05, 0) is 25.3 Å². The number of carbonyl (C=O) groups is 1. The first-order valence-electron chi connectivity index (χ1n) is 4.74. The first-order valence-corrected chi connectivity index (χ1v) is 4.74. The summed E-state index contributed by atoms with van der Waals surface area (Å²) in [6.07, 6.45) is -0.826. The average Bonchev–Trinajstić information content (AvgIpc) is 2.06. The smallest absolute Gasteiger partial charge is 0.403 e. The molecule has 0 saturated carbocycles. The van der Waals surface area contributed by atoms with Crippen molar-refractivity contribution in [2.75, 3.05) is 6.54 Å². The third-order valence-corrected chi connectivity index (χ3v) is 2.67. The molecule has 0 radical (unpaired) electrons. The van der Waals surface area contributed by atoms with Crippen molar-refractivity contribution in [2.45, 2.75) is 31.5 Å². The standard InChI is InChI=1S/C9H10F3NO2/c10-9(11,12)8(14)15-7-3-1-2-6-4-5-13(6)7/h3,6H,1-2,4-5H2. The van der Waals surface area contributed by atoms with Gasteiger partial charge < -0.3 is 9.64 Å². The highest BCUT2D eigenvalue weighted by atomic mass is 19.4. The van der Waals surface area contributed by atoms with Crippen LogP contribution in [0, 0.1) is 0 Å². The molecule has 0 aliphatic carbocycles.